The number of nitrogens with zero attached hydrogens (tertiary/aromatic N) is 2. The summed E-state index contributed by atoms with van der Waals surface area (Å²) in [4.78, 5) is 30.7. The zero-order valence-corrected chi connectivity index (χ0v) is 14.4. The molecule has 7 heteroatoms. The summed E-state index contributed by atoms with van der Waals surface area (Å²) < 4.78 is 13.3. The number of carbonyl (C=O) groups excluding carboxylic acids is 2. The molecule has 3 rings (SSSR count). The highest BCUT2D eigenvalue weighted by atomic mass is 19.1. The summed E-state index contributed by atoms with van der Waals surface area (Å²) in [7, 11) is 1.62. The fourth-order valence-electron chi connectivity index (χ4n) is 2.72. The second-order valence-corrected chi connectivity index (χ2v) is 6.10. The molecule has 2 amide bonds. The van der Waals surface area contributed by atoms with Gasteiger partial charge in [-0.05, 0) is 37.3 Å². The lowest BCUT2D eigenvalue weighted by molar-refractivity contribution is -0.127. The molecule has 0 spiro atoms. The van der Waals surface area contributed by atoms with Crippen molar-refractivity contribution >= 4 is 23.2 Å². The number of anilines is 1. The highest BCUT2D eigenvalue weighted by Gasteiger charge is 2.31. The smallest absolute Gasteiger partial charge is 0.272 e. The van der Waals surface area contributed by atoms with E-state index in [0.717, 1.165) is 0 Å². The van der Waals surface area contributed by atoms with Crippen molar-refractivity contribution in [3.63, 3.8) is 0 Å². The Morgan fingerprint density at radius 1 is 1.23 bits per heavy atom. The van der Waals surface area contributed by atoms with E-state index in [0.29, 0.717) is 22.5 Å². The van der Waals surface area contributed by atoms with E-state index < -0.39 is 18.1 Å². The summed E-state index contributed by atoms with van der Waals surface area (Å²) in [6.07, 6.45) is -1.12. The average Bonchev–Trinajstić information content (AvgIpc) is 2.73. The van der Waals surface area contributed by atoms with Gasteiger partial charge in [-0.2, -0.15) is 0 Å². The fourth-order valence-corrected chi connectivity index (χ4v) is 2.72. The minimum absolute atomic E-state index is 0.369. The molecule has 0 saturated carbocycles. The molecule has 1 aliphatic heterocycles. The Kier molecular flexibility index (Phi) is 4.81. The van der Waals surface area contributed by atoms with Gasteiger partial charge in [0.1, 0.15) is 5.82 Å². The molecule has 0 bridgehead atoms. The first-order valence-corrected chi connectivity index (χ1v) is 8.15. The molecule has 0 radical (unpaired) electrons. The lowest BCUT2D eigenvalue weighted by Gasteiger charge is -2.21. The molecule has 0 fully saturated rings. The van der Waals surface area contributed by atoms with E-state index in [1.165, 1.54) is 24.0 Å². The van der Waals surface area contributed by atoms with Gasteiger partial charge in [0.2, 0.25) is 12.1 Å². The molecule has 3 N–H and O–H groups in total. The number of benzene rings is 2. The number of halogens is 1. The maximum Gasteiger partial charge on any atom is 0.272 e. The van der Waals surface area contributed by atoms with E-state index in [2.05, 4.69) is 10.3 Å². The Morgan fingerprint density at radius 2 is 1.88 bits per heavy atom. The van der Waals surface area contributed by atoms with Crippen LogP contribution in [0.3, 0.4) is 0 Å². The van der Waals surface area contributed by atoms with Crippen molar-refractivity contribution in [3.05, 3.63) is 65.5 Å². The number of carbonyl (C=O) groups is 2. The third-order valence-corrected chi connectivity index (χ3v) is 4.15. The van der Waals surface area contributed by atoms with Crippen molar-refractivity contribution in [2.45, 2.75) is 19.1 Å². The van der Waals surface area contributed by atoms with Gasteiger partial charge in [0, 0.05) is 18.2 Å². The van der Waals surface area contributed by atoms with Crippen LogP contribution >= 0.6 is 0 Å². The number of hydrogen-bond donors (Lipinski definition) is 2. The number of nitrogens with one attached hydrogen (secondary N) is 1. The van der Waals surface area contributed by atoms with Gasteiger partial charge in [-0.15, -0.1) is 0 Å². The van der Waals surface area contributed by atoms with E-state index in [4.69, 9.17) is 5.73 Å². The van der Waals surface area contributed by atoms with E-state index >= 15 is 0 Å². The number of aliphatic imine (C=N–C) groups is 1. The number of fused-ring (bicyclic) bond motifs is 1. The fraction of sp³-hybridized carbons (Fsp3) is 0.211. The van der Waals surface area contributed by atoms with Crippen LogP contribution in [0, 0.1) is 5.82 Å². The summed E-state index contributed by atoms with van der Waals surface area (Å²) >= 11 is 0. The molecule has 134 valence electrons. The van der Waals surface area contributed by atoms with Crippen molar-refractivity contribution in [3.8, 4) is 0 Å². The third kappa shape index (κ3) is 3.34. The lowest BCUT2D eigenvalue weighted by atomic mass is 10.0. The van der Waals surface area contributed by atoms with Crippen LogP contribution in [0.5, 0.6) is 0 Å². The van der Waals surface area contributed by atoms with E-state index in [1.807, 2.05) is 18.2 Å². The van der Waals surface area contributed by atoms with Gasteiger partial charge in [-0.3, -0.25) is 9.59 Å². The molecule has 1 aliphatic rings. The number of amides is 2. The molecular weight excluding hydrogens is 335 g/mol. The summed E-state index contributed by atoms with van der Waals surface area (Å²) in [5.41, 5.74) is 8.09. The van der Waals surface area contributed by atoms with E-state index in [9.17, 15) is 14.0 Å². The topological polar surface area (TPSA) is 87.8 Å². The van der Waals surface area contributed by atoms with Gasteiger partial charge >= 0.3 is 0 Å². The number of para-hydroxylation sites is 1. The van der Waals surface area contributed by atoms with Gasteiger partial charge in [0.05, 0.1) is 17.4 Å². The highest BCUT2D eigenvalue weighted by molar-refractivity contribution is 6.20. The van der Waals surface area contributed by atoms with Crippen LogP contribution in [-0.4, -0.2) is 36.8 Å². The minimum atomic E-state index is -1.12. The van der Waals surface area contributed by atoms with Gasteiger partial charge in [0.15, 0.2) is 0 Å². The Hall–Kier alpha value is -3.06. The van der Waals surface area contributed by atoms with Crippen LogP contribution in [0.4, 0.5) is 10.1 Å². The molecular formula is C19H19FN4O2. The van der Waals surface area contributed by atoms with Crippen molar-refractivity contribution < 1.29 is 14.0 Å². The molecule has 0 aromatic heterocycles. The number of hydrogen-bond acceptors (Lipinski definition) is 4. The van der Waals surface area contributed by atoms with Crippen LogP contribution in [0.15, 0.2) is 53.5 Å². The van der Waals surface area contributed by atoms with Crippen LogP contribution in [-0.2, 0) is 9.59 Å². The molecule has 0 aliphatic carbocycles. The van der Waals surface area contributed by atoms with Crippen LogP contribution in [0.2, 0.25) is 0 Å². The molecule has 6 nitrogen and oxygen atoms in total. The monoisotopic (exact) mass is 354 g/mol. The Bertz CT molecular complexity index is 877. The SMILES string of the molecule is C[C@H](N)C(=O)NC1N=C(c2ccc(F)cc2)c2ccccc2N(C)C1=O. The van der Waals surface area contributed by atoms with Gasteiger partial charge in [-0.25, -0.2) is 9.38 Å². The third-order valence-electron chi connectivity index (χ3n) is 4.15. The van der Waals surface area contributed by atoms with Crippen LogP contribution in [0.25, 0.3) is 0 Å². The van der Waals surface area contributed by atoms with Crippen molar-refractivity contribution in [1.82, 2.24) is 5.32 Å². The zero-order chi connectivity index (χ0) is 18.8. The summed E-state index contributed by atoms with van der Waals surface area (Å²) in [5.74, 6) is -1.24. The molecule has 2 aromatic carbocycles. The molecule has 1 unspecified atom stereocenters. The number of benzodiazepines with no additional fused rings is 1. The van der Waals surface area contributed by atoms with Crippen LogP contribution in [0.1, 0.15) is 18.1 Å². The zero-order valence-electron chi connectivity index (χ0n) is 14.4. The Morgan fingerprint density at radius 3 is 2.54 bits per heavy atom. The Labute approximate surface area is 150 Å². The number of rotatable bonds is 3. The predicted octanol–water partition coefficient (Wildman–Crippen LogP) is 1.43. The minimum Gasteiger partial charge on any atom is -0.325 e. The van der Waals surface area contributed by atoms with Gasteiger partial charge in [0.25, 0.3) is 5.91 Å². The summed E-state index contributed by atoms with van der Waals surface area (Å²) in [6, 6.07) is 12.3. The lowest BCUT2D eigenvalue weighted by Crippen LogP contribution is -2.50. The quantitative estimate of drug-likeness (QED) is 0.874. The second kappa shape index (κ2) is 7.05. The van der Waals surface area contributed by atoms with E-state index in [-0.39, 0.29) is 11.7 Å². The van der Waals surface area contributed by atoms with E-state index in [1.54, 1.807) is 25.2 Å². The number of likely N-dealkylation sites (N-methyl/N-ethyl adjacent to an activating group) is 1. The van der Waals surface area contributed by atoms with Crippen LogP contribution < -0.4 is 16.0 Å². The first kappa shape index (κ1) is 17.8. The largest absolute Gasteiger partial charge is 0.325 e. The average molecular weight is 354 g/mol. The van der Waals surface area contributed by atoms with Crippen molar-refractivity contribution in [2.24, 2.45) is 10.7 Å². The normalized spacial score (nSPS) is 17.8. The standard InChI is InChI=1S/C19H19FN4O2/c1-11(21)18(25)23-17-19(26)24(2)15-6-4-3-5-14(15)16(22-17)12-7-9-13(20)10-8-12/h3-11,17H,21H2,1-2H3,(H,23,25)/t11-,17?/m0/s1. The molecule has 26 heavy (non-hydrogen) atoms. The number of nitrogens with two attached hydrogens (primary N) is 1. The summed E-state index contributed by atoms with van der Waals surface area (Å²) in [6.45, 7) is 1.53. The molecule has 2 atom stereocenters. The summed E-state index contributed by atoms with van der Waals surface area (Å²) in [5, 5.41) is 2.57. The Balaban J connectivity index is 2.14. The maximum absolute atomic E-state index is 13.3. The predicted molar refractivity (Wildman–Crippen MR) is 97.5 cm³/mol. The molecule has 2 aromatic rings. The van der Waals surface area contributed by atoms with Crippen molar-refractivity contribution in [1.29, 1.82) is 0 Å². The first-order valence-electron chi connectivity index (χ1n) is 8.15. The maximum atomic E-state index is 13.3. The molecule has 1 heterocycles. The second-order valence-electron chi connectivity index (χ2n) is 6.10. The van der Waals surface area contributed by atoms with Gasteiger partial charge < -0.3 is 16.0 Å². The highest BCUT2D eigenvalue weighted by Crippen LogP contribution is 2.27. The molecule has 0 saturated heterocycles. The van der Waals surface area contributed by atoms with Crippen molar-refractivity contribution in [2.75, 3.05) is 11.9 Å². The van der Waals surface area contributed by atoms with Gasteiger partial charge in [-0.1, -0.05) is 18.2 Å². The first-order chi connectivity index (χ1) is 12.4.